The highest BCUT2D eigenvalue weighted by atomic mass is 19.1. The molecule has 0 saturated heterocycles. The van der Waals surface area contributed by atoms with Gasteiger partial charge in [-0.3, -0.25) is 0 Å². The predicted octanol–water partition coefficient (Wildman–Crippen LogP) is 2.38. The smallest absolute Gasteiger partial charge is 0.130 e. The zero-order chi connectivity index (χ0) is 10.6. The Morgan fingerprint density at radius 2 is 1.93 bits per heavy atom. The van der Waals surface area contributed by atoms with Crippen molar-refractivity contribution in [2.75, 3.05) is 0 Å². The van der Waals surface area contributed by atoms with Gasteiger partial charge in [-0.2, -0.15) is 0 Å². The van der Waals surface area contributed by atoms with Gasteiger partial charge >= 0.3 is 0 Å². The zero-order valence-electron chi connectivity index (χ0n) is 7.85. The van der Waals surface area contributed by atoms with Crippen molar-refractivity contribution in [3.63, 3.8) is 0 Å². The lowest BCUT2D eigenvalue weighted by molar-refractivity contribution is 0.529. The van der Waals surface area contributed by atoms with Gasteiger partial charge in [-0.1, -0.05) is 6.07 Å². The molecule has 0 saturated carbocycles. The molecule has 0 aromatic heterocycles. The van der Waals surface area contributed by atoms with Crippen LogP contribution in [0, 0.1) is 23.5 Å². The van der Waals surface area contributed by atoms with Crippen molar-refractivity contribution in [1.82, 2.24) is 0 Å². The summed E-state index contributed by atoms with van der Waals surface area (Å²) in [7, 11) is 0. The van der Waals surface area contributed by atoms with E-state index in [0.29, 0.717) is 0 Å². The van der Waals surface area contributed by atoms with E-state index in [1.54, 1.807) is 6.92 Å². The van der Waals surface area contributed by atoms with E-state index >= 15 is 0 Å². The highest BCUT2D eigenvalue weighted by Crippen LogP contribution is 2.20. The molecule has 0 radical (unpaired) electrons. The molecule has 0 heterocycles. The molecule has 0 aliphatic carbocycles. The molecule has 0 amide bonds. The molecular weight excluding hydrogens is 184 g/mol. The number of nitrogens with two attached hydrogens (primary N) is 1. The molecule has 1 rings (SSSR count). The second kappa shape index (κ2) is 4.73. The standard InChI is InChI=1S/C11H11F2N/c1-2-3-7-10(14)11-8(12)5-4-6-9(11)13/h4-6,10H,7,14H2,1H3. The molecule has 0 spiro atoms. The first-order valence-corrected chi connectivity index (χ1v) is 4.26. The topological polar surface area (TPSA) is 26.0 Å². The largest absolute Gasteiger partial charge is 0.323 e. The molecule has 2 N–H and O–H groups in total. The van der Waals surface area contributed by atoms with Gasteiger partial charge in [0.25, 0.3) is 0 Å². The number of benzene rings is 1. The first-order chi connectivity index (χ1) is 6.66. The van der Waals surface area contributed by atoms with Crippen molar-refractivity contribution < 1.29 is 8.78 Å². The van der Waals surface area contributed by atoms with Crippen LogP contribution in [0.4, 0.5) is 8.78 Å². The Kier molecular flexibility index (Phi) is 3.61. The van der Waals surface area contributed by atoms with Gasteiger partial charge in [-0.15, -0.1) is 11.8 Å². The third-order valence-electron chi connectivity index (χ3n) is 1.87. The van der Waals surface area contributed by atoms with E-state index < -0.39 is 17.7 Å². The lowest BCUT2D eigenvalue weighted by atomic mass is 10.0. The molecule has 1 aromatic carbocycles. The minimum absolute atomic E-state index is 0.0877. The molecule has 0 aliphatic rings. The number of rotatable bonds is 2. The van der Waals surface area contributed by atoms with Crippen molar-refractivity contribution in [2.45, 2.75) is 19.4 Å². The second-order valence-electron chi connectivity index (χ2n) is 2.87. The highest BCUT2D eigenvalue weighted by molar-refractivity contribution is 5.24. The van der Waals surface area contributed by atoms with E-state index in [2.05, 4.69) is 11.8 Å². The lowest BCUT2D eigenvalue weighted by Crippen LogP contribution is -2.13. The fourth-order valence-electron chi connectivity index (χ4n) is 1.18. The Morgan fingerprint density at radius 1 is 1.36 bits per heavy atom. The number of hydrogen-bond donors (Lipinski definition) is 1. The molecule has 0 aliphatic heterocycles. The third-order valence-corrected chi connectivity index (χ3v) is 1.87. The van der Waals surface area contributed by atoms with Gasteiger partial charge in [-0.05, 0) is 19.1 Å². The van der Waals surface area contributed by atoms with Crippen molar-refractivity contribution in [3.8, 4) is 11.8 Å². The SMILES string of the molecule is CC#CCC(N)c1c(F)cccc1F. The van der Waals surface area contributed by atoms with Gasteiger partial charge in [0.05, 0.1) is 0 Å². The van der Waals surface area contributed by atoms with Crippen molar-refractivity contribution in [3.05, 3.63) is 35.4 Å². The molecule has 74 valence electrons. The van der Waals surface area contributed by atoms with Gasteiger partial charge in [0.1, 0.15) is 11.6 Å². The van der Waals surface area contributed by atoms with Crippen LogP contribution in [0.1, 0.15) is 24.9 Å². The van der Waals surface area contributed by atoms with Crippen LogP contribution in [0.3, 0.4) is 0 Å². The first-order valence-electron chi connectivity index (χ1n) is 4.26. The van der Waals surface area contributed by atoms with Crippen LogP contribution in [-0.4, -0.2) is 0 Å². The maximum absolute atomic E-state index is 13.2. The molecule has 1 unspecified atom stereocenters. The van der Waals surface area contributed by atoms with Gasteiger partial charge < -0.3 is 5.73 Å². The summed E-state index contributed by atoms with van der Waals surface area (Å²) < 4.78 is 26.3. The summed E-state index contributed by atoms with van der Waals surface area (Å²) in [6.07, 6.45) is 0.258. The summed E-state index contributed by atoms with van der Waals surface area (Å²) in [6, 6.07) is 2.99. The van der Waals surface area contributed by atoms with Crippen LogP contribution in [0.5, 0.6) is 0 Å². The summed E-state index contributed by atoms with van der Waals surface area (Å²) in [5.74, 6) is 4.09. The van der Waals surface area contributed by atoms with Crippen molar-refractivity contribution >= 4 is 0 Å². The normalized spacial score (nSPS) is 11.7. The number of halogens is 2. The Bertz CT molecular complexity index is 356. The van der Waals surface area contributed by atoms with Gasteiger partial charge in [0.15, 0.2) is 0 Å². The Hall–Kier alpha value is -1.40. The van der Waals surface area contributed by atoms with Gasteiger partial charge in [0, 0.05) is 18.0 Å². The molecular formula is C11H11F2N. The van der Waals surface area contributed by atoms with Gasteiger partial charge in [0.2, 0.25) is 0 Å². The molecule has 0 fully saturated rings. The monoisotopic (exact) mass is 195 g/mol. The van der Waals surface area contributed by atoms with Gasteiger partial charge in [-0.25, -0.2) is 8.78 Å². The van der Waals surface area contributed by atoms with E-state index in [1.807, 2.05) is 0 Å². The third kappa shape index (κ3) is 2.30. The average Bonchev–Trinajstić information content (AvgIpc) is 2.14. The fraction of sp³-hybridized carbons (Fsp3) is 0.273. The van der Waals surface area contributed by atoms with Crippen LogP contribution in [0.2, 0.25) is 0 Å². The minimum Gasteiger partial charge on any atom is -0.323 e. The van der Waals surface area contributed by atoms with Crippen LogP contribution >= 0.6 is 0 Å². The Morgan fingerprint density at radius 3 is 2.43 bits per heavy atom. The van der Waals surface area contributed by atoms with E-state index in [9.17, 15) is 8.78 Å². The molecule has 1 aromatic rings. The summed E-state index contributed by atoms with van der Waals surface area (Å²) in [6.45, 7) is 1.66. The minimum atomic E-state index is -0.705. The zero-order valence-corrected chi connectivity index (χ0v) is 7.85. The summed E-state index contributed by atoms with van der Waals surface area (Å²) >= 11 is 0. The number of hydrogen-bond acceptors (Lipinski definition) is 1. The Balaban J connectivity index is 2.97. The van der Waals surface area contributed by atoms with E-state index in [-0.39, 0.29) is 12.0 Å². The van der Waals surface area contributed by atoms with Crippen LogP contribution < -0.4 is 5.73 Å². The maximum atomic E-state index is 13.2. The highest BCUT2D eigenvalue weighted by Gasteiger charge is 2.14. The maximum Gasteiger partial charge on any atom is 0.130 e. The van der Waals surface area contributed by atoms with E-state index in [4.69, 9.17) is 5.73 Å². The molecule has 3 heteroatoms. The average molecular weight is 195 g/mol. The molecule has 14 heavy (non-hydrogen) atoms. The predicted molar refractivity (Wildman–Crippen MR) is 51.4 cm³/mol. The lowest BCUT2D eigenvalue weighted by Gasteiger charge is -2.10. The summed E-state index contributed by atoms with van der Waals surface area (Å²) in [4.78, 5) is 0. The second-order valence-corrected chi connectivity index (χ2v) is 2.87. The van der Waals surface area contributed by atoms with E-state index in [0.717, 1.165) is 0 Å². The molecule has 1 nitrogen and oxygen atoms in total. The van der Waals surface area contributed by atoms with E-state index in [1.165, 1.54) is 18.2 Å². The van der Waals surface area contributed by atoms with Crippen molar-refractivity contribution in [1.29, 1.82) is 0 Å². The fourth-order valence-corrected chi connectivity index (χ4v) is 1.18. The molecule has 0 bridgehead atoms. The van der Waals surface area contributed by atoms with Crippen LogP contribution in [-0.2, 0) is 0 Å². The van der Waals surface area contributed by atoms with Crippen LogP contribution in [0.25, 0.3) is 0 Å². The summed E-state index contributed by atoms with van der Waals surface area (Å²) in [5, 5.41) is 0. The first kappa shape index (κ1) is 10.7. The quantitative estimate of drug-likeness (QED) is 0.720. The molecule has 1 atom stereocenters. The van der Waals surface area contributed by atoms with Crippen LogP contribution in [0.15, 0.2) is 18.2 Å². The van der Waals surface area contributed by atoms with Crippen molar-refractivity contribution in [2.24, 2.45) is 5.73 Å². The summed E-state index contributed by atoms with van der Waals surface area (Å²) in [5.41, 5.74) is 5.51. The Labute approximate surface area is 81.9 Å².